The van der Waals surface area contributed by atoms with E-state index >= 15 is 0 Å². The van der Waals surface area contributed by atoms with Crippen LogP contribution in [0.25, 0.3) is 11.1 Å². The summed E-state index contributed by atoms with van der Waals surface area (Å²) in [5.74, 6) is 1.04. The van der Waals surface area contributed by atoms with E-state index in [4.69, 9.17) is 0 Å². The van der Waals surface area contributed by atoms with E-state index in [9.17, 15) is 4.79 Å². The zero-order valence-corrected chi connectivity index (χ0v) is 16.6. The third kappa shape index (κ3) is 4.97. The minimum atomic E-state index is -0.0585. The number of aromatic nitrogens is 1. The molecule has 0 aliphatic carbocycles. The number of amides is 1. The average molecular weight is 374 g/mol. The maximum absolute atomic E-state index is 13.1. The van der Waals surface area contributed by atoms with Gasteiger partial charge < -0.3 is 10.6 Å². The fourth-order valence-electron chi connectivity index (χ4n) is 3.04. The van der Waals surface area contributed by atoms with Crippen LogP contribution in [0, 0.1) is 12.8 Å². The molecule has 1 atom stereocenters. The Balaban J connectivity index is 1.73. The first-order valence-electron chi connectivity index (χ1n) is 9.66. The predicted molar refractivity (Wildman–Crippen MR) is 115 cm³/mol. The molecule has 3 rings (SSSR count). The van der Waals surface area contributed by atoms with E-state index in [1.165, 1.54) is 0 Å². The van der Waals surface area contributed by atoms with E-state index in [-0.39, 0.29) is 17.9 Å². The molecule has 3 aromatic rings. The quantitative estimate of drug-likeness (QED) is 0.618. The molecule has 0 saturated carbocycles. The largest absolute Gasteiger partial charge is 0.368 e. The maximum Gasteiger partial charge on any atom is 0.252 e. The zero-order valence-electron chi connectivity index (χ0n) is 16.6. The highest BCUT2D eigenvalue weighted by Crippen LogP contribution is 2.23. The highest BCUT2D eigenvalue weighted by Gasteiger charge is 2.19. The first-order chi connectivity index (χ1) is 13.5. The summed E-state index contributed by atoms with van der Waals surface area (Å²) in [6.07, 6.45) is 1.83. The molecular formula is C24H27N3O. The third-order valence-electron chi connectivity index (χ3n) is 4.79. The Kier molecular flexibility index (Phi) is 6.43. The molecule has 2 N–H and O–H groups in total. The van der Waals surface area contributed by atoms with Crippen molar-refractivity contribution in [3.05, 3.63) is 84.1 Å². The second kappa shape index (κ2) is 9.18. The molecule has 0 saturated heterocycles. The minimum Gasteiger partial charge on any atom is -0.368 e. The molecule has 4 heteroatoms. The van der Waals surface area contributed by atoms with Gasteiger partial charge >= 0.3 is 0 Å². The summed E-state index contributed by atoms with van der Waals surface area (Å²) in [7, 11) is 0. The minimum absolute atomic E-state index is 0.0144. The van der Waals surface area contributed by atoms with Crippen molar-refractivity contribution in [1.29, 1.82) is 0 Å². The van der Waals surface area contributed by atoms with Gasteiger partial charge in [-0.2, -0.15) is 0 Å². The molecular weight excluding hydrogens is 346 g/mol. The zero-order chi connectivity index (χ0) is 19.9. The molecule has 0 radical (unpaired) electrons. The number of hydrogen-bond acceptors (Lipinski definition) is 3. The van der Waals surface area contributed by atoms with E-state index in [1.807, 2.05) is 79.9 Å². The van der Waals surface area contributed by atoms with Gasteiger partial charge in [-0.25, -0.2) is 4.98 Å². The molecule has 2 aromatic carbocycles. The number of carbonyl (C=O) groups excluding carboxylic acids is 1. The first-order valence-corrected chi connectivity index (χ1v) is 9.66. The molecule has 144 valence electrons. The SMILES string of the molecule is Cc1ccc(NC[C@@H](NC(=O)c2ccccc2-c2ccccc2)C(C)C)nc1. The van der Waals surface area contributed by atoms with Crippen molar-refractivity contribution >= 4 is 11.7 Å². The number of rotatable bonds is 7. The molecule has 0 bridgehead atoms. The van der Waals surface area contributed by atoms with Crippen molar-refractivity contribution in [2.75, 3.05) is 11.9 Å². The summed E-state index contributed by atoms with van der Waals surface area (Å²) in [6, 6.07) is 21.7. The standard InChI is InChI=1S/C24H27N3O/c1-17(2)22(16-26-23-14-13-18(3)15-25-23)27-24(28)21-12-8-7-11-20(21)19-9-5-4-6-10-19/h4-15,17,22H,16H2,1-3H3,(H,25,26)(H,27,28)/t22-/m1/s1. The first kappa shape index (κ1) is 19.6. The normalized spacial score (nSPS) is 11.9. The van der Waals surface area contributed by atoms with Gasteiger partial charge in [0.2, 0.25) is 0 Å². The van der Waals surface area contributed by atoms with Crippen LogP contribution in [0.4, 0.5) is 5.82 Å². The van der Waals surface area contributed by atoms with Gasteiger partial charge in [-0.1, -0.05) is 68.4 Å². The van der Waals surface area contributed by atoms with Crippen molar-refractivity contribution in [3.8, 4) is 11.1 Å². The molecule has 1 heterocycles. The lowest BCUT2D eigenvalue weighted by molar-refractivity contribution is 0.0929. The molecule has 0 fully saturated rings. The molecule has 0 aliphatic rings. The topological polar surface area (TPSA) is 54.0 Å². The van der Waals surface area contributed by atoms with Crippen LogP contribution >= 0.6 is 0 Å². The molecule has 28 heavy (non-hydrogen) atoms. The number of nitrogens with zero attached hydrogens (tertiary/aromatic N) is 1. The number of hydrogen-bond donors (Lipinski definition) is 2. The van der Waals surface area contributed by atoms with Gasteiger partial charge in [-0.05, 0) is 41.7 Å². The summed E-state index contributed by atoms with van der Waals surface area (Å²) in [6.45, 7) is 6.85. The van der Waals surface area contributed by atoms with Gasteiger partial charge in [0, 0.05) is 24.3 Å². The molecule has 0 unspecified atom stereocenters. The Morgan fingerprint density at radius 3 is 2.36 bits per heavy atom. The van der Waals surface area contributed by atoms with E-state index < -0.39 is 0 Å². The van der Waals surface area contributed by atoms with Crippen LogP contribution < -0.4 is 10.6 Å². The Morgan fingerprint density at radius 2 is 1.68 bits per heavy atom. The number of pyridine rings is 1. The second-order valence-corrected chi connectivity index (χ2v) is 7.34. The van der Waals surface area contributed by atoms with Crippen molar-refractivity contribution in [2.45, 2.75) is 26.8 Å². The van der Waals surface area contributed by atoms with Crippen LogP contribution in [0.1, 0.15) is 29.8 Å². The number of nitrogens with one attached hydrogen (secondary N) is 2. The van der Waals surface area contributed by atoms with Crippen LogP contribution in [0.5, 0.6) is 0 Å². The van der Waals surface area contributed by atoms with Crippen molar-refractivity contribution in [2.24, 2.45) is 5.92 Å². The Labute approximate surface area is 167 Å². The lowest BCUT2D eigenvalue weighted by atomic mass is 9.98. The van der Waals surface area contributed by atoms with Crippen LogP contribution in [0.3, 0.4) is 0 Å². The number of aryl methyl sites for hydroxylation is 1. The molecule has 0 spiro atoms. The average Bonchev–Trinajstić information content (AvgIpc) is 2.72. The van der Waals surface area contributed by atoms with Gasteiger partial charge in [0.15, 0.2) is 0 Å². The van der Waals surface area contributed by atoms with Crippen molar-refractivity contribution in [1.82, 2.24) is 10.3 Å². The molecule has 0 aliphatic heterocycles. The van der Waals surface area contributed by atoms with Gasteiger partial charge in [0.1, 0.15) is 5.82 Å². The van der Waals surface area contributed by atoms with Crippen LogP contribution in [-0.2, 0) is 0 Å². The third-order valence-corrected chi connectivity index (χ3v) is 4.79. The van der Waals surface area contributed by atoms with Gasteiger partial charge in [-0.15, -0.1) is 0 Å². The number of anilines is 1. The maximum atomic E-state index is 13.1. The highest BCUT2D eigenvalue weighted by atomic mass is 16.1. The summed E-state index contributed by atoms with van der Waals surface area (Å²) in [4.78, 5) is 17.4. The van der Waals surface area contributed by atoms with Gasteiger partial charge in [-0.3, -0.25) is 4.79 Å². The summed E-state index contributed by atoms with van der Waals surface area (Å²) in [5.41, 5.74) is 3.79. The summed E-state index contributed by atoms with van der Waals surface area (Å²) >= 11 is 0. The fourth-order valence-corrected chi connectivity index (χ4v) is 3.04. The number of carbonyl (C=O) groups is 1. The number of benzene rings is 2. The van der Waals surface area contributed by atoms with Crippen molar-refractivity contribution < 1.29 is 4.79 Å². The fraction of sp³-hybridized carbons (Fsp3) is 0.250. The van der Waals surface area contributed by atoms with E-state index in [2.05, 4.69) is 29.5 Å². The molecule has 4 nitrogen and oxygen atoms in total. The van der Waals surface area contributed by atoms with Gasteiger partial charge in [0.25, 0.3) is 5.91 Å². The lowest BCUT2D eigenvalue weighted by Gasteiger charge is -2.24. The summed E-state index contributed by atoms with van der Waals surface area (Å²) < 4.78 is 0. The van der Waals surface area contributed by atoms with Crippen LogP contribution in [-0.4, -0.2) is 23.5 Å². The molecule has 1 aromatic heterocycles. The molecule has 1 amide bonds. The highest BCUT2D eigenvalue weighted by molar-refractivity contribution is 6.01. The summed E-state index contributed by atoms with van der Waals surface area (Å²) in [5, 5.41) is 6.53. The van der Waals surface area contributed by atoms with E-state index in [1.54, 1.807) is 0 Å². The van der Waals surface area contributed by atoms with E-state index in [0.717, 1.165) is 22.5 Å². The monoisotopic (exact) mass is 373 g/mol. The van der Waals surface area contributed by atoms with Gasteiger partial charge in [0.05, 0.1) is 0 Å². The van der Waals surface area contributed by atoms with Crippen LogP contribution in [0.15, 0.2) is 72.9 Å². The predicted octanol–water partition coefficient (Wildman–Crippen LogP) is 4.92. The van der Waals surface area contributed by atoms with Crippen LogP contribution in [0.2, 0.25) is 0 Å². The Hall–Kier alpha value is -3.14. The second-order valence-electron chi connectivity index (χ2n) is 7.34. The van der Waals surface area contributed by atoms with E-state index in [0.29, 0.717) is 12.1 Å². The Morgan fingerprint density at radius 1 is 0.964 bits per heavy atom. The lowest BCUT2D eigenvalue weighted by Crippen LogP contribution is -2.43. The van der Waals surface area contributed by atoms with Crippen molar-refractivity contribution in [3.63, 3.8) is 0 Å². The Bertz CT molecular complexity index is 905. The smallest absolute Gasteiger partial charge is 0.252 e.